The number of hydrogen-bond donors (Lipinski definition) is 0. The molecule has 3 rings (SSSR count). The molecule has 0 spiro atoms. The van der Waals surface area contributed by atoms with Gasteiger partial charge in [0.2, 0.25) is 17.8 Å². The number of rotatable bonds is 7. The maximum absolute atomic E-state index is 13.1. The molecule has 0 amide bonds. The standard InChI is InChI=1S/C21H22NO3S/c1-5-10-25-20-11-18(19(23)12-22-13-26-15(3)14(22)2)21(24-4)17-9-7-6-8-16(17)20/h5-9,11,13H,1,10,12H2,2-4H3/q+1. The lowest BCUT2D eigenvalue weighted by Crippen LogP contribution is -2.38. The zero-order chi connectivity index (χ0) is 18.7. The van der Waals surface area contributed by atoms with Crippen LogP contribution in [0.4, 0.5) is 0 Å². The average Bonchev–Trinajstić information content (AvgIpc) is 2.97. The highest BCUT2D eigenvalue weighted by atomic mass is 32.1. The van der Waals surface area contributed by atoms with Crippen LogP contribution in [0, 0.1) is 13.8 Å². The third kappa shape index (κ3) is 3.35. The largest absolute Gasteiger partial charge is 0.495 e. The van der Waals surface area contributed by atoms with Gasteiger partial charge in [0, 0.05) is 17.7 Å². The highest BCUT2D eigenvalue weighted by Gasteiger charge is 2.23. The fraction of sp³-hybridized carbons (Fsp3) is 0.238. The van der Waals surface area contributed by atoms with Crippen LogP contribution < -0.4 is 14.0 Å². The van der Waals surface area contributed by atoms with Gasteiger partial charge in [0.15, 0.2) is 5.69 Å². The number of aryl methyl sites for hydroxylation is 1. The molecule has 0 unspecified atom stereocenters. The average molecular weight is 368 g/mol. The van der Waals surface area contributed by atoms with E-state index in [1.807, 2.05) is 41.3 Å². The van der Waals surface area contributed by atoms with Crippen LogP contribution in [0.15, 0.2) is 48.5 Å². The van der Waals surface area contributed by atoms with Crippen molar-refractivity contribution in [2.45, 2.75) is 20.4 Å². The van der Waals surface area contributed by atoms with Gasteiger partial charge in [-0.2, -0.15) is 4.57 Å². The van der Waals surface area contributed by atoms with E-state index in [9.17, 15) is 4.79 Å². The van der Waals surface area contributed by atoms with E-state index in [0.717, 1.165) is 16.5 Å². The quantitative estimate of drug-likeness (QED) is 0.355. The van der Waals surface area contributed by atoms with E-state index < -0.39 is 0 Å². The molecule has 1 aromatic heterocycles. The Labute approximate surface area is 157 Å². The number of aromatic nitrogens is 1. The molecule has 0 saturated carbocycles. The third-order valence-corrected chi connectivity index (χ3v) is 5.44. The Morgan fingerprint density at radius 1 is 1.27 bits per heavy atom. The highest BCUT2D eigenvalue weighted by molar-refractivity contribution is 7.09. The van der Waals surface area contributed by atoms with Crippen LogP contribution in [0.1, 0.15) is 20.9 Å². The van der Waals surface area contributed by atoms with Crippen LogP contribution in [0.5, 0.6) is 11.5 Å². The topological polar surface area (TPSA) is 39.4 Å². The number of carbonyl (C=O) groups excluding carboxylic acids is 1. The molecule has 26 heavy (non-hydrogen) atoms. The van der Waals surface area contributed by atoms with Crippen LogP contribution in [0.3, 0.4) is 0 Å². The lowest BCUT2D eigenvalue weighted by molar-refractivity contribution is -0.684. The first-order valence-electron chi connectivity index (χ1n) is 8.37. The SMILES string of the molecule is C=CCOc1cc(C(=O)C[n+]2csc(C)c2C)c(OC)c2ccccc12. The molecule has 134 valence electrons. The maximum Gasteiger partial charge on any atom is 0.231 e. The van der Waals surface area contributed by atoms with Gasteiger partial charge < -0.3 is 9.47 Å². The molecule has 0 bridgehead atoms. The van der Waals surface area contributed by atoms with Crippen molar-refractivity contribution in [2.24, 2.45) is 0 Å². The lowest BCUT2D eigenvalue weighted by atomic mass is 10.0. The Kier molecular flexibility index (Phi) is 5.38. The summed E-state index contributed by atoms with van der Waals surface area (Å²) in [6.45, 7) is 8.42. The van der Waals surface area contributed by atoms with Crippen molar-refractivity contribution in [2.75, 3.05) is 13.7 Å². The third-order valence-electron chi connectivity index (χ3n) is 4.43. The van der Waals surface area contributed by atoms with Crippen LogP contribution >= 0.6 is 11.3 Å². The van der Waals surface area contributed by atoms with E-state index in [-0.39, 0.29) is 12.3 Å². The van der Waals surface area contributed by atoms with Gasteiger partial charge >= 0.3 is 0 Å². The molecule has 0 saturated heterocycles. The van der Waals surface area contributed by atoms with E-state index in [1.165, 1.54) is 4.88 Å². The van der Waals surface area contributed by atoms with E-state index >= 15 is 0 Å². The van der Waals surface area contributed by atoms with Crippen LogP contribution in [0.25, 0.3) is 10.8 Å². The zero-order valence-corrected chi connectivity index (χ0v) is 16.1. The molecule has 0 atom stereocenters. The number of benzene rings is 2. The highest BCUT2D eigenvalue weighted by Crippen LogP contribution is 2.37. The number of methoxy groups -OCH3 is 1. The number of thiazole rings is 1. The molecule has 5 heteroatoms. The predicted octanol–water partition coefficient (Wildman–Crippen LogP) is 4.26. The normalized spacial score (nSPS) is 10.7. The fourth-order valence-electron chi connectivity index (χ4n) is 2.92. The van der Waals surface area contributed by atoms with Crippen molar-refractivity contribution in [1.82, 2.24) is 0 Å². The number of nitrogens with zero attached hydrogens (tertiary/aromatic N) is 1. The van der Waals surface area contributed by atoms with Crippen molar-refractivity contribution < 1.29 is 18.8 Å². The summed E-state index contributed by atoms with van der Waals surface area (Å²) in [6, 6.07) is 9.56. The summed E-state index contributed by atoms with van der Waals surface area (Å²) in [4.78, 5) is 14.3. The van der Waals surface area contributed by atoms with Crippen molar-refractivity contribution in [3.63, 3.8) is 0 Å². The molecule has 3 aromatic rings. The summed E-state index contributed by atoms with van der Waals surface area (Å²) in [5, 5.41) is 1.78. The molecule has 0 radical (unpaired) electrons. The summed E-state index contributed by atoms with van der Waals surface area (Å²) in [6.07, 6.45) is 1.69. The Morgan fingerprint density at radius 2 is 2.00 bits per heavy atom. The van der Waals surface area contributed by atoms with Crippen LogP contribution in [0.2, 0.25) is 0 Å². The number of fused-ring (bicyclic) bond motifs is 1. The molecule has 1 heterocycles. The summed E-state index contributed by atoms with van der Waals surface area (Å²) in [5.74, 6) is 1.23. The van der Waals surface area contributed by atoms with Crippen LogP contribution in [-0.2, 0) is 6.54 Å². The van der Waals surface area contributed by atoms with E-state index in [0.29, 0.717) is 23.7 Å². The van der Waals surface area contributed by atoms with Crippen molar-refractivity contribution in [3.05, 3.63) is 64.6 Å². The molecule has 0 N–H and O–H groups in total. The maximum atomic E-state index is 13.1. The van der Waals surface area contributed by atoms with E-state index in [4.69, 9.17) is 9.47 Å². The van der Waals surface area contributed by atoms with Crippen molar-refractivity contribution >= 4 is 27.9 Å². The van der Waals surface area contributed by atoms with Crippen LogP contribution in [-0.4, -0.2) is 19.5 Å². The monoisotopic (exact) mass is 368 g/mol. The number of ether oxygens (including phenoxy) is 2. The molecule has 4 nitrogen and oxygen atoms in total. The summed E-state index contributed by atoms with van der Waals surface area (Å²) in [5.41, 5.74) is 3.61. The first kappa shape index (κ1) is 18.1. The molecule has 0 aliphatic carbocycles. The predicted molar refractivity (Wildman–Crippen MR) is 105 cm³/mol. The summed E-state index contributed by atoms with van der Waals surface area (Å²) < 4.78 is 13.4. The minimum atomic E-state index is -0.0121. The lowest BCUT2D eigenvalue weighted by Gasteiger charge is -2.14. The summed E-state index contributed by atoms with van der Waals surface area (Å²) in [7, 11) is 1.59. The molecular weight excluding hydrogens is 346 g/mol. The van der Waals surface area contributed by atoms with Gasteiger partial charge in [-0.1, -0.05) is 48.3 Å². The smallest absolute Gasteiger partial charge is 0.231 e. The molecule has 0 aliphatic heterocycles. The van der Waals surface area contributed by atoms with Gasteiger partial charge in [0.25, 0.3) is 0 Å². The number of carbonyl (C=O) groups is 1. The van der Waals surface area contributed by atoms with Crippen molar-refractivity contribution in [1.29, 1.82) is 0 Å². The van der Waals surface area contributed by atoms with Crippen molar-refractivity contribution in [3.8, 4) is 11.5 Å². The van der Waals surface area contributed by atoms with E-state index in [2.05, 4.69) is 13.5 Å². The Bertz CT molecular complexity index is 975. The van der Waals surface area contributed by atoms with Gasteiger partial charge in [0.05, 0.1) is 17.6 Å². The second kappa shape index (κ2) is 7.70. The molecular formula is C21H22NO3S+. The number of ketones is 1. The van der Waals surface area contributed by atoms with Gasteiger partial charge in [-0.15, -0.1) is 0 Å². The van der Waals surface area contributed by atoms with Gasteiger partial charge in [-0.05, 0) is 13.0 Å². The second-order valence-corrected chi connectivity index (χ2v) is 7.08. The molecule has 2 aromatic carbocycles. The Morgan fingerprint density at radius 3 is 2.62 bits per heavy atom. The Hall–Kier alpha value is -2.66. The number of Topliss-reactive ketones (excluding diaryl/α,β-unsaturated/α-hetero) is 1. The van der Waals surface area contributed by atoms with Gasteiger partial charge in [-0.25, -0.2) is 0 Å². The minimum Gasteiger partial charge on any atom is -0.495 e. The Balaban J connectivity index is 2.09. The second-order valence-electron chi connectivity index (χ2n) is 6.02. The fourth-order valence-corrected chi connectivity index (χ4v) is 3.72. The minimum absolute atomic E-state index is 0.0121. The summed E-state index contributed by atoms with van der Waals surface area (Å²) >= 11 is 1.64. The first-order chi connectivity index (χ1) is 12.6. The van der Waals surface area contributed by atoms with Gasteiger partial charge in [-0.3, -0.25) is 4.79 Å². The van der Waals surface area contributed by atoms with Gasteiger partial charge in [0.1, 0.15) is 18.1 Å². The molecule has 0 aliphatic rings. The number of hydrogen-bond acceptors (Lipinski definition) is 4. The molecule has 0 fully saturated rings. The first-order valence-corrected chi connectivity index (χ1v) is 9.25. The zero-order valence-electron chi connectivity index (χ0n) is 15.2. The van der Waals surface area contributed by atoms with E-state index in [1.54, 1.807) is 30.6 Å².